The van der Waals surface area contributed by atoms with E-state index in [1.807, 2.05) is 13.0 Å². The molecular formula is C12H17NO3S. The molecule has 0 bridgehead atoms. The van der Waals surface area contributed by atoms with Crippen molar-refractivity contribution in [1.82, 2.24) is 5.32 Å². The summed E-state index contributed by atoms with van der Waals surface area (Å²) in [5, 5.41) is 2.64. The first-order valence-electron chi connectivity index (χ1n) is 5.58. The van der Waals surface area contributed by atoms with Crippen LogP contribution in [-0.2, 0) is 16.3 Å². The van der Waals surface area contributed by atoms with Crippen LogP contribution in [0.15, 0.2) is 23.1 Å². The first-order valence-corrected chi connectivity index (χ1v) is 7.13. The van der Waals surface area contributed by atoms with Gasteiger partial charge in [0.15, 0.2) is 9.84 Å². The summed E-state index contributed by atoms with van der Waals surface area (Å²) in [6, 6.07) is 5.10. The van der Waals surface area contributed by atoms with E-state index in [1.54, 1.807) is 26.3 Å². The molecule has 94 valence electrons. The molecule has 2 unspecified atom stereocenters. The van der Waals surface area contributed by atoms with Crippen LogP contribution in [-0.4, -0.2) is 33.9 Å². The topological polar surface area (TPSA) is 55.4 Å². The number of fused-ring (bicyclic) bond motifs is 1. The SMILES string of the molecule is CNC(C)C1Cc2cc(OC)ccc2S1(=O)=O. The zero-order valence-corrected chi connectivity index (χ0v) is 11.0. The molecule has 0 saturated heterocycles. The van der Waals surface area contributed by atoms with Gasteiger partial charge in [0.05, 0.1) is 17.3 Å². The van der Waals surface area contributed by atoms with E-state index in [0.717, 1.165) is 5.56 Å². The van der Waals surface area contributed by atoms with E-state index in [0.29, 0.717) is 17.1 Å². The molecule has 2 rings (SSSR count). The average Bonchev–Trinajstić information content (AvgIpc) is 2.59. The van der Waals surface area contributed by atoms with Crippen molar-refractivity contribution >= 4 is 9.84 Å². The van der Waals surface area contributed by atoms with E-state index >= 15 is 0 Å². The van der Waals surface area contributed by atoms with Gasteiger partial charge in [0.2, 0.25) is 0 Å². The highest BCUT2D eigenvalue weighted by atomic mass is 32.2. The second-order valence-electron chi connectivity index (χ2n) is 4.34. The number of benzene rings is 1. The quantitative estimate of drug-likeness (QED) is 0.875. The van der Waals surface area contributed by atoms with Crippen LogP contribution in [0.5, 0.6) is 5.75 Å². The van der Waals surface area contributed by atoms with E-state index in [1.165, 1.54) is 0 Å². The van der Waals surface area contributed by atoms with Crippen molar-refractivity contribution in [2.24, 2.45) is 0 Å². The van der Waals surface area contributed by atoms with Crippen molar-refractivity contribution < 1.29 is 13.2 Å². The lowest BCUT2D eigenvalue weighted by Crippen LogP contribution is -2.38. The highest BCUT2D eigenvalue weighted by Crippen LogP contribution is 2.34. The third-order valence-electron chi connectivity index (χ3n) is 3.41. The molecule has 1 aliphatic heterocycles. The van der Waals surface area contributed by atoms with Crippen LogP contribution in [0.3, 0.4) is 0 Å². The average molecular weight is 255 g/mol. The monoisotopic (exact) mass is 255 g/mol. The van der Waals surface area contributed by atoms with Gasteiger partial charge in [-0.1, -0.05) is 0 Å². The molecule has 1 aliphatic rings. The van der Waals surface area contributed by atoms with Crippen molar-refractivity contribution in [2.45, 2.75) is 29.5 Å². The largest absolute Gasteiger partial charge is 0.497 e. The van der Waals surface area contributed by atoms with Crippen molar-refractivity contribution in [3.63, 3.8) is 0 Å². The lowest BCUT2D eigenvalue weighted by atomic mass is 10.1. The molecule has 0 spiro atoms. The number of nitrogens with one attached hydrogen (secondary N) is 1. The third-order valence-corrected chi connectivity index (χ3v) is 5.79. The Hall–Kier alpha value is -1.07. The van der Waals surface area contributed by atoms with E-state index in [2.05, 4.69) is 5.32 Å². The molecule has 1 aromatic rings. The molecule has 0 aliphatic carbocycles. The maximum atomic E-state index is 12.3. The summed E-state index contributed by atoms with van der Waals surface area (Å²) < 4.78 is 29.7. The normalized spacial score (nSPS) is 23.1. The van der Waals surface area contributed by atoms with Crippen molar-refractivity contribution in [3.05, 3.63) is 23.8 Å². The molecule has 4 nitrogen and oxygen atoms in total. The summed E-state index contributed by atoms with van der Waals surface area (Å²) in [4.78, 5) is 0.449. The van der Waals surface area contributed by atoms with Crippen molar-refractivity contribution in [2.75, 3.05) is 14.2 Å². The number of rotatable bonds is 3. The highest BCUT2D eigenvalue weighted by Gasteiger charge is 2.39. The van der Waals surface area contributed by atoms with Gasteiger partial charge in [-0.25, -0.2) is 8.42 Å². The summed E-state index contributed by atoms with van der Waals surface area (Å²) in [6.07, 6.45) is 0.552. The number of methoxy groups -OCH3 is 1. The van der Waals surface area contributed by atoms with Gasteiger partial charge in [-0.3, -0.25) is 0 Å². The van der Waals surface area contributed by atoms with Gasteiger partial charge in [0.25, 0.3) is 0 Å². The molecule has 0 radical (unpaired) electrons. The van der Waals surface area contributed by atoms with Gasteiger partial charge in [0.1, 0.15) is 5.75 Å². The molecular weight excluding hydrogens is 238 g/mol. The standard InChI is InChI=1S/C12H17NO3S/c1-8(13-2)12-7-9-6-10(16-3)4-5-11(9)17(12,14)15/h4-6,8,12-13H,7H2,1-3H3. The molecule has 1 heterocycles. The minimum Gasteiger partial charge on any atom is -0.497 e. The Kier molecular flexibility index (Phi) is 3.14. The molecule has 0 fully saturated rings. The van der Waals surface area contributed by atoms with Crippen LogP contribution >= 0.6 is 0 Å². The predicted octanol–water partition coefficient (Wildman–Crippen LogP) is 1.00. The Bertz CT molecular complexity index is 525. The van der Waals surface area contributed by atoms with Crippen LogP contribution < -0.4 is 10.1 Å². The van der Waals surface area contributed by atoms with Crippen LogP contribution in [0.2, 0.25) is 0 Å². The summed E-state index contributed by atoms with van der Waals surface area (Å²) in [7, 11) is 0.163. The Morgan fingerprint density at radius 2 is 2.18 bits per heavy atom. The smallest absolute Gasteiger partial charge is 0.183 e. The Balaban J connectivity index is 2.46. The Labute approximate surface area is 102 Å². The molecule has 0 aromatic heterocycles. The predicted molar refractivity (Wildman–Crippen MR) is 66.2 cm³/mol. The highest BCUT2D eigenvalue weighted by molar-refractivity contribution is 7.92. The summed E-state index contributed by atoms with van der Waals surface area (Å²) in [5.41, 5.74) is 0.858. The van der Waals surface area contributed by atoms with E-state index in [9.17, 15) is 8.42 Å². The van der Waals surface area contributed by atoms with E-state index in [4.69, 9.17) is 4.74 Å². The summed E-state index contributed by atoms with van der Waals surface area (Å²) in [5.74, 6) is 0.705. The zero-order valence-electron chi connectivity index (χ0n) is 10.2. The van der Waals surface area contributed by atoms with Crippen LogP contribution in [0.25, 0.3) is 0 Å². The molecule has 2 atom stereocenters. The molecule has 17 heavy (non-hydrogen) atoms. The van der Waals surface area contributed by atoms with Crippen LogP contribution in [0.4, 0.5) is 0 Å². The first kappa shape index (κ1) is 12.4. The molecule has 0 amide bonds. The van der Waals surface area contributed by atoms with Crippen LogP contribution in [0.1, 0.15) is 12.5 Å². The van der Waals surface area contributed by atoms with Gasteiger partial charge < -0.3 is 10.1 Å². The Morgan fingerprint density at radius 1 is 1.47 bits per heavy atom. The maximum Gasteiger partial charge on any atom is 0.183 e. The molecule has 1 N–H and O–H groups in total. The fourth-order valence-corrected chi connectivity index (χ4v) is 4.40. The lowest BCUT2D eigenvalue weighted by Gasteiger charge is -2.17. The fourth-order valence-electron chi connectivity index (χ4n) is 2.24. The third kappa shape index (κ3) is 1.93. The second kappa shape index (κ2) is 4.31. The fraction of sp³-hybridized carbons (Fsp3) is 0.500. The maximum absolute atomic E-state index is 12.3. The number of hydrogen-bond acceptors (Lipinski definition) is 4. The molecule has 1 aromatic carbocycles. The van der Waals surface area contributed by atoms with Crippen LogP contribution in [0, 0.1) is 0 Å². The Morgan fingerprint density at radius 3 is 2.76 bits per heavy atom. The zero-order chi connectivity index (χ0) is 12.6. The van der Waals surface area contributed by atoms with Crippen molar-refractivity contribution in [1.29, 1.82) is 0 Å². The minimum absolute atomic E-state index is 0.0570. The van der Waals surface area contributed by atoms with Gasteiger partial charge in [0, 0.05) is 6.04 Å². The van der Waals surface area contributed by atoms with Gasteiger partial charge in [-0.05, 0) is 44.2 Å². The number of ether oxygens (including phenoxy) is 1. The van der Waals surface area contributed by atoms with Crippen molar-refractivity contribution in [3.8, 4) is 5.75 Å². The molecule has 5 heteroatoms. The van der Waals surface area contributed by atoms with Gasteiger partial charge in [-0.15, -0.1) is 0 Å². The number of hydrogen-bond donors (Lipinski definition) is 1. The van der Waals surface area contributed by atoms with E-state index in [-0.39, 0.29) is 11.3 Å². The number of sulfone groups is 1. The molecule has 0 saturated carbocycles. The lowest BCUT2D eigenvalue weighted by molar-refractivity contribution is 0.414. The summed E-state index contributed by atoms with van der Waals surface area (Å²) in [6.45, 7) is 1.89. The van der Waals surface area contributed by atoms with E-state index < -0.39 is 9.84 Å². The van der Waals surface area contributed by atoms with Gasteiger partial charge >= 0.3 is 0 Å². The second-order valence-corrected chi connectivity index (χ2v) is 6.47. The first-order chi connectivity index (χ1) is 8.00. The summed E-state index contributed by atoms with van der Waals surface area (Å²) >= 11 is 0. The minimum atomic E-state index is -3.20. The van der Waals surface area contributed by atoms with Gasteiger partial charge in [-0.2, -0.15) is 0 Å².